The predicted molar refractivity (Wildman–Crippen MR) is 122 cm³/mol. The quantitative estimate of drug-likeness (QED) is 0.548. The molecule has 33 heavy (non-hydrogen) atoms. The maximum atomic E-state index is 13.1. The van der Waals surface area contributed by atoms with Crippen LogP contribution in [0.5, 0.6) is 0 Å². The Bertz CT molecular complexity index is 1120. The van der Waals surface area contributed by atoms with Crippen molar-refractivity contribution in [1.82, 2.24) is 20.4 Å². The predicted octanol–water partition coefficient (Wildman–Crippen LogP) is 4.65. The van der Waals surface area contributed by atoms with Crippen molar-refractivity contribution in [1.29, 1.82) is 0 Å². The van der Waals surface area contributed by atoms with Crippen molar-refractivity contribution in [2.75, 3.05) is 5.32 Å². The van der Waals surface area contributed by atoms with Crippen molar-refractivity contribution in [3.05, 3.63) is 71.5 Å². The topological polar surface area (TPSA) is 110 Å². The molecule has 5 rings (SSSR count). The fourth-order valence-electron chi connectivity index (χ4n) is 4.54. The number of nitrogens with one attached hydrogen (secondary N) is 2. The van der Waals surface area contributed by atoms with Crippen LogP contribution in [0.4, 0.5) is 5.82 Å². The van der Waals surface area contributed by atoms with Crippen molar-refractivity contribution in [2.45, 2.75) is 56.9 Å². The SMILES string of the molecule is O=C(Nc1cnccn1)c1cccc(C(NC(=O)c2cc(C3CC3)on2)C2CCCCC2)c1. The molecule has 8 nitrogen and oxygen atoms in total. The van der Waals surface area contributed by atoms with E-state index in [1.54, 1.807) is 18.3 Å². The Labute approximate surface area is 192 Å². The lowest BCUT2D eigenvalue weighted by atomic mass is 9.80. The molecule has 0 radical (unpaired) electrons. The van der Waals surface area contributed by atoms with Crippen LogP contribution in [0, 0.1) is 5.92 Å². The van der Waals surface area contributed by atoms with Crippen LogP contribution in [0.3, 0.4) is 0 Å². The summed E-state index contributed by atoms with van der Waals surface area (Å²) in [4.78, 5) is 33.9. The van der Waals surface area contributed by atoms with Gasteiger partial charge >= 0.3 is 0 Å². The van der Waals surface area contributed by atoms with Gasteiger partial charge in [0.05, 0.1) is 12.2 Å². The Balaban J connectivity index is 1.37. The van der Waals surface area contributed by atoms with Gasteiger partial charge in [0.15, 0.2) is 11.5 Å². The van der Waals surface area contributed by atoms with Crippen LogP contribution in [-0.4, -0.2) is 26.9 Å². The molecule has 0 aliphatic heterocycles. The number of carbonyl (C=O) groups is 2. The van der Waals surface area contributed by atoms with Crippen LogP contribution in [-0.2, 0) is 0 Å². The van der Waals surface area contributed by atoms with E-state index in [4.69, 9.17) is 4.52 Å². The third-order valence-corrected chi connectivity index (χ3v) is 6.46. The third-order valence-electron chi connectivity index (χ3n) is 6.46. The highest BCUT2D eigenvalue weighted by Gasteiger charge is 2.31. The standard InChI is InChI=1S/C25H27N5O3/c31-24(28-22-15-26-11-12-27-22)19-8-4-7-18(13-19)23(17-5-2-1-3-6-17)29-25(32)20-14-21(33-30-20)16-9-10-16/h4,7-8,11-17,23H,1-3,5-6,9-10H2,(H,29,32)(H,27,28,31). The number of rotatable bonds is 7. The van der Waals surface area contributed by atoms with Gasteiger partial charge < -0.3 is 15.2 Å². The summed E-state index contributed by atoms with van der Waals surface area (Å²) in [6.07, 6.45) is 12.3. The Kier molecular flexibility index (Phi) is 6.15. The molecule has 0 bridgehead atoms. The van der Waals surface area contributed by atoms with Gasteiger partial charge in [0.1, 0.15) is 5.76 Å². The molecule has 1 atom stereocenters. The Hall–Kier alpha value is -3.55. The lowest BCUT2D eigenvalue weighted by molar-refractivity contribution is 0.0903. The molecule has 2 heterocycles. The first-order chi connectivity index (χ1) is 16.2. The van der Waals surface area contributed by atoms with Crippen LogP contribution in [0.25, 0.3) is 0 Å². The number of nitrogens with zero attached hydrogens (tertiary/aromatic N) is 3. The Morgan fingerprint density at radius 3 is 2.61 bits per heavy atom. The van der Waals surface area contributed by atoms with Crippen molar-refractivity contribution in [3.63, 3.8) is 0 Å². The molecule has 0 spiro atoms. The van der Waals surface area contributed by atoms with Crippen LogP contribution in [0.15, 0.2) is 53.4 Å². The number of hydrogen-bond donors (Lipinski definition) is 2. The second-order valence-corrected chi connectivity index (χ2v) is 8.91. The maximum Gasteiger partial charge on any atom is 0.273 e. The second-order valence-electron chi connectivity index (χ2n) is 8.91. The molecule has 2 fully saturated rings. The second kappa shape index (κ2) is 9.52. The first-order valence-electron chi connectivity index (χ1n) is 11.6. The van der Waals surface area contributed by atoms with E-state index in [0.717, 1.165) is 49.8 Å². The smallest absolute Gasteiger partial charge is 0.273 e. The van der Waals surface area contributed by atoms with E-state index in [2.05, 4.69) is 25.8 Å². The summed E-state index contributed by atoms with van der Waals surface area (Å²) >= 11 is 0. The minimum atomic E-state index is -0.267. The van der Waals surface area contributed by atoms with Gasteiger partial charge in [-0.3, -0.25) is 14.6 Å². The van der Waals surface area contributed by atoms with Crippen LogP contribution in [0.1, 0.15) is 89.1 Å². The first-order valence-corrected chi connectivity index (χ1v) is 11.6. The van der Waals surface area contributed by atoms with Crippen LogP contribution >= 0.6 is 0 Å². The highest BCUT2D eigenvalue weighted by Crippen LogP contribution is 2.40. The summed E-state index contributed by atoms with van der Waals surface area (Å²) in [5.74, 6) is 1.38. The number of carbonyl (C=O) groups excluding carboxylic acids is 2. The van der Waals surface area contributed by atoms with E-state index >= 15 is 0 Å². The first kappa shape index (κ1) is 21.3. The third kappa shape index (κ3) is 5.10. The average molecular weight is 446 g/mol. The molecule has 2 saturated carbocycles. The molecule has 0 saturated heterocycles. The summed E-state index contributed by atoms with van der Waals surface area (Å²) in [6, 6.07) is 8.98. The molecule has 2 aromatic heterocycles. The van der Waals surface area contributed by atoms with Gasteiger partial charge in [0.25, 0.3) is 11.8 Å². The fraction of sp³-hybridized carbons (Fsp3) is 0.400. The van der Waals surface area contributed by atoms with E-state index in [1.165, 1.54) is 18.8 Å². The Morgan fingerprint density at radius 2 is 1.85 bits per heavy atom. The van der Waals surface area contributed by atoms with E-state index in [9.17, 15) is 9.59 Å². The lowest BCUT2D eigenvalue weighted by Crippen LogP contribution is -2.34. The number of hydrogen-bond acceptors (Lipinski definition) is 6. The number of amides is 2. The summed E-state index contributed by atoms with van der Waals surface area (Å²) in [7, 11) is 0. The highest BCUT2D eigenvalue weighted by molar-refractivity contribution is 6.03. The largest absolute Gasteiger partial charge is 0.360 e. The van der Waals surface area contributed by atoms with Crippen LogP contribution in [0.2, 0.25) is 0 Å². The van der Waals surface area contributed by atoms with Gasteiger partial charge in [-0.2, -0.15) is 0 Å². The van der Waals surface area contributed by atoms with Gasteiger partial charge in [0, 0.05) is 29.9 Å². The number of anilines is 1. The Morgan fingerprint density at radius 1 is 1.00 bits per heavy atom. The molecule has 2 N–H and O–H groups in total. The monoisotopic (exact) mass is 445 g/mol. The van der Waals surface area contributed by atoms with Crippen molar-refractivity contribution < 1.29 is 14.1 Å². The summed E-state index contributed by atoms with van der Waals surface area (Å²) in [5.41, 5.74) is 1.73. The number of benzene rings is 1. The molecule has 2 aliphatic rings. The van der Waals surface area contributed by atoms with E-state index in [0.29, 0.717) is 28.9 Å². The zero-order valence-corrected chi connectivity index (χ0v) is 18.4. The van der Waals surface area contributed by atoms with E-state index in [-0.39, 0.29) is 17.9 Å². The number of aromatic nitrogens is 3. The highest BCUT2D eigenvalue weighted by atomic mass is 16.5. The average Bonchev–Trinajstić information content (AvgIpc) is 3.59. The molecule has 1 aromatic carbocycles. The van der Waals surface area contributed by atoms with Gasteiger partial charge in [-0.15, -0.1) is 0 Å². The molecule has 3 aromatic rings. The zero-order chi connectivity index (χ0) is 22.6. The molecular formula is C25H27N5O3. The molecule has 8 heteroatoms. The molecule has 2 amide bonds. The maximum absolute atomic E-state index is 13.1. The molecule has 170 valence electrons. The van der Waals surface area contributed by atoms with Gasteiger partial charge in [-0.1, -0.05) is 36.6 Å². The van der Waals surface area contributed by atoms with E-state index < -0.39 is 0 Å². The molecule has 2 aliphatic carbocycles. The normalized spacial score (nSPS) is 17.3. The fourth-order valence-corrected chi connectivity index (χ4v) is 4.54. The minimum absolute atomic E-state index is 0.205. The van der Waals surface area contributed by atoms with Gasteiger partial charge in [-0.25, -0.2) is 4.98 Å². The van der Waals surface area contributed by atoms with Crippen molar-refractivity contribution >= 4 is 17.6 Å². The summed E-state index contributed by atoms with van der Waals surface area (Å²) < 4.78 is 5.37. The van der Waals surface area contributed by atoms with Crippen LogP contribution < -0.4 is 10.6 Å². The molecule has 1 unspecified atom stereocenters. The minimum Gasteiger partial charge on any atom is -0.360 e. The van der Waals surface area contributed by atoms with Gasteiger partial charge in [0.2, 0.25) is 0 Å². The van der Waals surface area contributed by atoms with Crippen molar-refractivity contribution in [3.8, 4) is 0 Å². The van der Waals surface area contributed by atoms with Gasteiger partial charge in [-0.05, 0) is 49.3 Å². The zero-order valence-electron chi connectivity index (χ0n) is 18.4. The summed E-state index contributed by atoms with van der Waals surface area (Å²) in [5, 5.41) is 9.96. The lowest BCUT2D eigenvalue weighted by Gasteiger charge is -2.31. The van der Waals surface area contributed by atoms with E-state index in [1.807, 2.05) is 18.2 Å². The van der Waals surface area contributed by atoms with Crippen molar-refractivity contribution in [2.24, 2.45) is 5.92 Å². The summed E-state index contributed by atoms with van der Waals surface area (Å²) in [6.45, 7) is 0. The molecular weight excluding hydrogens is 418 g/mol.